The van der Waals surface area contributed by atoms with Crippen LogP contribution < -0.4 is 15.0 Å². The van der Waals surface area contributed by atoms with E-state index in [1.165, 1.54) is 15.8 Å². The van der Waals surface area contributed by atoms with Crippen molar-refractivity contribution in [3.05, 3.63) is 53.6 Å². The molecule has 6 nitrogen and oxygen atoms in total. The molecule has 1 amide bonds. The Morgan fingerprint density at radius 2 is 1.87 bits per heavy atom. The molecule has 7 heteroatoms. The molecule has 31 heavy (non-hydrogen) atoms. The van der Waals surface area contributed by atoms with Crippen molar-refractivity contribution in [1.82, 2.24) is 15.2 Å². The zero-order valence-electron chi connectivity index (χ0n) is 18.3. The molecule has 1 fully saturated rings. The highest BCUT2D eigenvalue weighted by atomic mass is 32.1. The Balaban J connectivity index is 1.16. The number of fused-ring (bicyclic) bond motifs is 1. The lowest BCUT2D eigenvalue weighted by molar-refractivity contribution is -0.121. The summed E-state index contributed by atoms with van der Waals surface area (Å²) < 4.78 is 6.84. The Morgan fingerprint density at radius 1 is 1.10 bits per heavy atom. The van der Waals surface area contributed by atoms with E-state index in [1.807, 2.05) is 30.3 Å². The predicted molar refractivity (Wildman–Crippen MR) is 127 cm³/mol. The maximum Gasteiger partial charge on any atom is 0.223 e. The van der Waals surface area contributed by atoms with Gasteiger partial charge in [0.05, 0.1) is 23.2 Å². The first-order valence-corrected chi connectivity index (χ1v) is 11.7. The molecular formula is C24H30N4O2S. The van der Waals surface area contributed by atoms with Crippen molar-refractivity contribution in [2.75, 3.05) is 50.8 Å². The summed E-state index contributed by atoms with van der Waals surface area (Å²) in [6.07, 6.45) is 0.374. The lowest BCUT2D eigenvalue weighted by Gasteiger charge is -2.34. The van der Waals surface area contributed by atoms with Gasteiger partial charge in [-0.15, -0.1) is 0 Å². The largest absolute Gasteiger partial charge is 0.493 e. The number of rotatable bonds is 8. The molecule has 2 aromatic carbocycles. The summed E-state index contributed by atoms with van der Waals surface area (Å²) in [6.45, 7) is 10.1. The van der Waals surface area contributed by atoms with Gasteiger partial charge in [-0.25, -0.2) is 4.98 Å². The van der Waals surface area contributed by atoms with Gasteiger partial charge in [0.2, 0.25) is 5.91 Å². The number of aryl methyl sites for hydroxylation is 2. The fourth-order valence-corrected chi connectivity index (χ4v) is 4.81. The Labute approximate surface area is 187 Å². The second-order valence-electron chi connectivity index (χ2n) is 7.94. The number of piperazine rings is 1. The highest BCUT2D eigenvalue weighted by Gasteiger charge is 2.20. The van der Waals surface area contributed by atoms with E-state index in [2.05, 4.69) is 41.1 Å². The van der Waals surface area contributed by atoms with Crippen LogP contribution in [0, 0.1) is 13.8 Å². The molecule has 3 aromatic rings. The molecule has 2 heterocycles. The zero-order valence-corrected chi connectivity index (χ0v) is 19.1. The lowest BCUT2D eigenvalue weighted by Crippen LogP contribution is -2.48. The van der Waals surface area contributed by atoms with Gasteiger partial charge >= 0.3 is 0 Å². The normalized spacial score (nSPS) is 14.7. The number of amides is 1. The number of hydrogen-bond donors (Lipinski definition) is 1. The van der Waals surface area contributed by atoms with Gasteiger partial charge in [-0.2, -0.15) is 0 Å². The molecule has 164 valence electrons. The average Bonchev–Trinajstić information content (AvgIpc) is 3.23. The molecule has 0 unspecified atom stereocenters. The Hall–Kier alpha value is -2.64. The van der Waals surface area contributed by atoms with Crippen molar-refractivity contribution in [3.8, 4) is 5.75 Å². The maximum absolute atomic E-state index is 12.0. The van der Waals surface area contributed by atoms with Gasteiger partial charge in [0, 0.05) is 39.3 Å². The van der Waals surface area contributed by atoms with E-state index in [0.29, 0.717) is 19.6 Å². The molecule has 0 radical (unpaired) electrons. The maximum atomic E-state index is 12.0. The molecule has 1 aliphatic heterocycles. The van der Waals surface area contributed by atoms with E-state index in [1.54, 1.807) is 11.3 Å². The molecule has 1 N–H and O–H groups in total. The molecule has 0 atom stereocenters. The lowest BCUT2D eigenvalue weighted by atomic mass is 10.1. The van der Waals surface area contributed by atoms with Crippen LogP contribution in [0.2, 0.25) is 0 Å². The summed E-state index contributed by atoms with van der Waals surface area (Å²) in [5.41, 5.74) is 3.72. The topological polar surface area (TPSA) is 57.7 Å². The Morgan fingerprint density at radius 3 is 2.65 bits per heavy atom. The van der Waals surface area contributed by atoms with Gasteiger partial charge in [0.25, 0.3) is 0 Å². The average molecular weight is 439 g/mol. The molecule has 4 rings (SSSR count). The van der Waals surface area contributed by atoms with Crippen molar-refractivity contribution in [1.29, 1.82) is 0 Å². The van der Waals surface area contributed by atoms with Gasteiger partial charge in [-0.1, -0.05) is 35.6 Å². The predicted octanol–water partition coefficient (Wildman–Crippen LogP) is 3.62. The summed E-state index contributed by atoms with van der Waals surface area (Å²) in [7, 11) is 0. The smallest absolute Gasteiger partial charge is 0.223 e. The van der Waals surface area contributed by atoms with E-state index in [-0.39, 0.29) is 5.91 Å². The summed E-state index contributed by atoms with van der Waals surface area (Å²) >= 11 is 1.78. The molecule has 0 spiro atoms. The van der Waals surface area contributed by atoms with Crippen molar-refractivity contribution in [3.63, 3.8) is 0 Å². The minimum atomic E-state index is 0.0368. The first kappa shape index (κ1) is 21.6. The van der Waals surface area contributed by atoms with Gasteiger partial charge in [0.15, 0.2) is 5.13 Å². The monoisotopic (exact) mass is 438 g/mol. The number of nitrogens with one attached hydrogen (secondary N) is 1. The van der Waals surface area contributed by atoms with Crippen LogP contribution in [0.3, 0.4) is 0 Å². The second kappa shape index (κ2) is 10.1. The van der Waals surface area contributed by atoms with E-state index in [0.717, 1.165) is 49.1 Å². The number of carbonyl (C=O) groups is 1. The van der Waals surface area contributed by atoms with Crippen LogP contribution in [-0.4, -0.2) is 61.7 Å². The van der Waals surface area contributed by atoms with Crippen molar-refractivity contribution in [2.24, 2.45) is 0 Å². The summed E-state index contributed by atoms with van der Waals surface area (Å²) in [5.74, 6) is 0.835. The van der Waals surface area contributed by atoms with Crippen LogP contribution in [0.1, 0.15) is 17.5 Å². The Bertz CT molecular complexity index is 1010. The summed E-state index contributed by atoms with van der Waals surface area (Å²) in [6, 6.07) is 14.0. The van der Waals surface area contributed by atoms with E-state index in [9.17, 15) is 4.79 Å². The minimum Gasteiger partial charge on any atom is -0.493 e. The highest BCUT2D eigenvalue weighted by molar-refractivity contribution is 7.22. The number of thiazole rings is 1. The molecule has 1 aliphatic rings. The molecular weight excluding hydrogens is 408 g/mol. The fraction of sp³-hybridized carbons (Fsp3) is 0.417. The van der Waals surface area contributed by atoms with Crippen molar-refractivity contribution < 1.29 is 9.53 Å². The van der Waals surface area contributed by atoms with Crippen LogP contribution in [0.5, 0.6) is 5.75 Å². The first-order chi connectivity index (χ1) is 15.1. The van der Waals surface area contributed by atoms with Crippen LogP contribution >= 0.6 is 11.3 Å². The van der Waals surface area contributed by atoms with Crippen molar-refractivity contribution >= 4 is 32.6 Å². The van der Waals surface area contributed by atoms with Crippen LogP contribution in [-0.2, 0) is 4.79 Å². The number of anilines is 1. The number of carbonyl (C=O) groups excluding carboxylic acids is 1. The van der Waals surface area contributed by atoms with Gasteiger partial charge in [-0.3, -0.25) is 9.69 Å². The molecule has 1 aromatic heterocycles. The van der Waals surface area contributed by atoms with Crippen LogP contribution in [0.25, 0.3) is 10.2 Å². The molecule has 0 saturated carbocycles. The second-order valence-corrected chi connectivity index (χ2v) is 8.95. The fourth-order valence-electron chi connectivity index (χ4n) is 3.73. The van der Waals surface area contributed by atoms with Gasteiger partial charge in [-0.05, 0) is 43.2 Å². The van der Waals surface area contributed by atoms with Crippen LogP contribution in [0.4, 0.5) is 5.13 Å². The SMILES string of the molecule is Cc1ccc2sc(N3CCN(CCNC(=O)CCOc4ccccc4)CC3)nc2c1C. The molecule has 1 saturated heterocycles. The van der Waals surface area contributed by atoms with E-state index >= 15 is 0 Å². The van der Waals surface area contributed by atoms with Gasteiger partial charge in [0.1, 0.15) is 5.75 Å². The van der Waals surface area contributed by atoms with E-state index in [4.69, 9.17) is 9.72 Å². The van der Waals surface area contributed by atoms with E-state index < -0.39 is 0 Å². The van der Waals surface area contributed by atoms with Crippen LogP contribution in [0.15, 0.2) is 42.5 Å². The number of hydrogen-bond acceptors (Lipinski definition) is 6. The zero-order chi connectivity index (χ0) is 21.6. The number of benzene rings is 2. The van der Waals surface area contributed by atoms with Gasteiger partial charge < -0.3 is 15.0 Å². The summed E-state index contributed by atoms with van der Waals surface area (Å²) in [5, 5.41) is 4.12. The molecule has 0 aliphatic carbocycles. The standard InChI is InChI=1S/C24H30N4O2S/c1-18-8-9-21-23(19(18)2)26-24(31-21)28-15-13-27(14-16-28)12-11-25-22(29)10-17-30-20-6-4-3-5-7-20/h3-9H,10-17H2,1-2H3,(H,25,29). The number of aromatic nitrogens is 1. The number of para-hydroxylation sites is 1. The minimum absolute atomic E-state index is 0.0368. The highest BCUT2D eigenvalue weighted by Crippen LogP contribution is 2.32. The quantitative estimate of drug-likeness (QED) is 0.582. The Kier molecular flexibility index (Phi) is 7.04. The third-order valence-corrected chi connectivity index (χ3v) is 6.89. The molecule has 0 bridgehead atoms. The number of nitrogens with zero attached hydrogens (tertiary/aromatic N) is 3. The first-order valence-electron chi connectivity index (χ1n) is 10.9. The number of ether oxygens (including phenoxy) is 1. The third kappa shape index (κ3) is 5.54. The third-order valence-electron chi connectivity index (χ3n) is 5.81. The van der Waals surface area contributed by atoms with Crippen molar-refractivity contribution in [2.45, 2.75) is 20.3 Å². The summed E-state index contributed by atoms with van der Waals surface area (Å²) in [4.78, 5) is 21.7.